The fourth-order valence-electron chi connectivity index (χ4n) is 2.50. The molecular weight excluding hydrogens is 324 g/mol. The molecule has 0 fully saturated rings. The van der Waals surface area contributed by atoms with Crippen LogP contribution in [-0.4, -0.2) is 40.8 Å². The molecule has 2 aliphatic heterocycles. The maximum Gasteiger partial charge on any atom is 0.341 e. The van der Waals surface area contributed by atoms with Crippen molar-refractivity contribution >= 4 is 11.9 Å². The molecule has 25 heavy (non-hydrogen) atoms. The van der Waals surface area contributed by atoms with Crippen molar-refractivity contribution in [2.45, 2.75) is 6.42 Å². The number of ether oxygens (including phenoxy) is 1. The molecule has 0 unspecified atom stereocenters. The lowest BCUT2D eigenvalue weighted by atomic mass is 10.1. The molecule has 0 radical (unpaired) electrons. The molecule has 0 aliphatic carbocycles. The van der Waals surface area contributed by atoms with E-state index in [1.165, 1.54) is 7.11 Å². The molecule has 3 rings (SSSR count). The van der Waals surface area contributed by atoms with E-state index in [0.29, 0.717) is 0 Å². The predicted octanol–water partition coefficient (Wildman–Crippen LogP) is 0.740. The smallest absolute Gasteiger partial charge is 0.341 e. The lowest BCUT2D eigenvalue weighted by Gasteiger charge is -2.12. The van der Waals surface area contributed by atoms with E-state index in [2.05, 4.69) is 15.5 Å². The Hall–Kier alpha value is -3.42. The highest BCUT2D eigenvalue weighted by atomic mass is 16.5. The monoisotopic (exact) mass is 340 g/mol. The van der Waals surface area contributed by atoms with E-state index < -0.39 is 5.97 Å². The van der Waals surface area contributed by atoms with Crippen LogP contribution in [0.25, 0.3) is 16.9 Å². The average Bonchev–Trinajstić information content (AvgIpc) is 3.02. The highest BCUT2D eigenvalue weighted by molar-refractivity contribution is 5.96. The number of rotatable bonds is 4. The number of benzene rings is 1. The van der Waals surface area contributed by atoms with Crippen LogP contribution in [0.3, 0.4) is 0 Å². The summed E-state index contributed by atoms with van der Waals surface area (Å²) in [7, 11) is 2.85. The van der Waals surface area contributed by atoms with Gasteiger partial charge in [0.05, 0.1) is 19.1 Å². The molecular formula is C17H16N4O4. The highest BCUT2D eigenvalue weighted by Crippen LogP contribution is 2.23. The second kappa shape index (κ2) is 6.60. The molecule has 0 spiro atoms. The van der Waals surface area contributed by atoms with Gasteiger partial charge >= 0.3 is 5.97 Å². The lowest BCUT2D eigenvalue weighted by Crippen LogP contribution is -2.19. The van der Waals surface area contributed by atoms with E-state index >= 15 is 0 Å². The highest BCUT2D eigenvalue weighted by Gasteiger charge is 2.22. The van der Waals surface area contributed by atoms with Crippen molar-refractivity contribution in [3.63, 3.8) is 0 Å². The Bertz CT molecular complexity index is 956. The number of aromatic nitrogens is 3. The zero-order valence-electron chi connectivity index (χ0n) is 13.7. The van der Waals surface area contributed by atoms with Crippen molar-refractivity contribution in [1.29, 1.82) is 0 Å². The molecule has 2 aliphatic rings. The molecule has 0 atom stereocenters. The minimum atomic E-state index is -0.581. The van der Waals surface area contributed by atoms with Gasteiger partial charge in [-0.3, -0.25) is 9.59 Å². The number of carbonyl (C=O) groups is 2. The Morgan fingerprint density at radius 3 is 2.60 bits per heavy atom. The number of amides is 1. The van der Waals surface area contributed by atoms with Gasteiger partial charge in [-0.05, 0) is 17.7 Å². The topological polar surface area (TPSA) is 106 Å². The predicted molar refractivity (Wildman–Crippen MR) is 89.9 cm³/mol. The number of nitrogens with one attached hydrogen (secondary N) is 2. The number of carbonyl (C=O) groups excluding carboxylic acids is 2. The third-order valence-corrected chi connectivity index (χ3v) is 3.84. The zero-order valence-corrected chi connectivity index (χ0v) is 13.7. The van der Waals surface area contributed by atoms with E-state index in [4.69, 9.17) is 4.74 Å². The Morgan fingerprint density at radius 2 is 1.96 bits per heavy atom. The Labute approximate surface area is 142 Å². The summed E-state index contributed by atoms with van der Waals surface area (Å²) in [6.07, 6.45) is 3.43. The first-order valence-electron chi connectivity index (χ1n) is 7.52. The first-order chi connectivity index (χ1) is 12.0. The molecule has 1 aromatic rings. The quantitative estimate of drug-likeness (QED) is 0.682. The average molecular weight is 340 g/mol. The maximum absolute atomic E-state index is 12.0. The molecule has 0 saturated carbocycles. The van der Waals surface area contributed by atoms with Crippen molar-refractivity contribution in [3.05, 3.63) is 58.1 Å². The summed E-state index contributed by atoms with van der Waals surface area (Å²) in [5.74, 6) is -0.661. The van der Waals surface area contributed by atoms with Crippen LogP contribution in [0.2, 0.25) is 0 Å². The molecule has 128 valence electrons. The van der Waals surface area contributed by atoms with Crippen LogP contribution in [0.15, 0.2) is 41.5 Å². The van der Waals surface area contributed by atoms with Crippen LogP contribution in [0, 0.1) is 0 Å². The van der Waals surface area contributed by atoms with Crippen molar-refractivity contribution in [1.82, 2.24) is 20.1 Å². The third-order valence-electron chi connectivity index (χ3n) is 3.84. The van der Waals surface area contributed by atoms with E-state index in [1.807, 2.05) is 12.1 Å². The summed E-state index contributed by atoms with van der Waals surface area (Å²) in [5, 5.41) is 8.79. The van der Waals surface area contributed by atoms with E-state index in [9.17, 15) is 14.4 Å². The zero-order chi connectivity index (χ0) is 18.0. The van der Waals surface area contributed by atoms with Gasteiger partial charge in [-0.15, -0.1) is 0 Å². The SMILES string of the molecule is CNC(=O)Cc1ccc(-n2cc(C(=O)OC)c3n[nH]c(=O)c-3c2)cc1. The summed E-state index contributed by atoms with van der Waals surface area (Å²) in [6.45, 7) is 0. The van der Waals surface area contributed by atoms with Gasteiger partial charge in [-0.1, -0.05) is 12.1 Å². The molecule has 1 aromatic carbocycles. The third kappa shape index (κ3) is 3.14. The molecule has 0 aromatic heterocycles. The lowest BCUT2D eigenvalue weighted by molar-refractivity contribution is -0.119. The minimum absolute atomic E-state index is 0.0795. The van der Waals surface area contributed by atoms with E-state index in [0.717, 1.165) is 11.3 Å². The van der Waals surface area contributed by atoms with E-state index in [-0.39, 0.29) is 34.7 Å². The standard InChI is InChI=1S/C17H16N4O4/c1-18-14(22)7-10-3-5-11(6-4-10)21-8-12-15(19-20-16(12)23)13(9-21)17(24)25-2/h3-6,8-9H,7H2,1-2H3,(H,18,22)(H,20,23). The molecule has 1 amide bonds. The normalized spacial score (nSPS) is 10.6. The van der Waals surface area contributed by atoms with Gasteiger partial charge in [0.25, 0.3) is 5.56 Å². The first kappa shape index (κ1) is 16.4. The van der Waals surface area contributed by atoms with Crippen LogP contribution in [-0.2, 0) is 16.0 Å². The summed E-state index contributed by atoms with van der Waals surface area (Å²) in [5.41, 5.74) is 1.94. The van der Waals surface area contributed by atoms with Crippen LogP contribution >= 0.6 is 0 Å². The van der Waals surface area contributed by atoms with E-state index in [1.54, 1.807) is 36.1 Å². The van der Waals surface area contributed by atoms with Gasteiger partial charge in [0.15, 0.2) is 0 Å². The molecule has 2 N–H and O–H groups in total. The number of methoxy groups -OCH3 is 1. The van der Waals surface area contributed by atoms with Crippen molar-refractivity contribution in [2.24, 2.45) is 0 Å². The summed E-state index contributed by atoms with van der Waals surface area (Å²) < 4.78 is 6.42. The minimum Gasteiger partial charge on any atom is -0.465 e. The fourth-order valence-corrected chi connectivity index (χ4v) is 2.50. The second-order valence-electron chi connectivity index (χ2n) is 5.40. The summed E-state index contributed by atoms with van der Waals surface area (Å²) in [6, 6.07) is 7.23. The number of esters is 1. The van der Waals surface area contributed by atoms with Crippen molar-refractivity contribution in [3.8, 4) is 16.9 Å². The molecule has 2 heterocycles. The van der Waals surface area contributed by atoms with Crippen molar-refractivity contribution in [2.75, 3.05) is 14.2 Å². The van der Waals surface area contributed by atoms with Gasteiger partial charge in [-0.25, -0.2) is 9.89 Å². The Kier molecular flexibility index (Phi) is 4.34. The Morgan fingerprint density at radius 1 is 1.24 bits per heavy atom. The number of hydrogen-bond acceptors (Lipinski definition) is 5. The summed E-state index contributed by atoms with van der Waals surface area (Å²) >= 11 is 0. The van der Waals surface area contributed by atoms with Gasteiger partial charge in [0.2, 0.25) is 5.91 Å². The second-order valence-corrected chi connectivity index (χ2v) is 5.40. The van der Waals surface area contributed by atoms with Gasteiger partial charge in [0, 0.05) is 25.1 Å². The first-order valence-corrected chi connectivity index (χ1v) is 7.52. The van der Waals surface area contributed by atoms with Crippen LogP contribution in [0.5, 0.6) is 0 Å². The number of H-pyrrole nitrogens is 1. The van der Waals surface area contributed by atoms with Crippen molar-refractivity contribution < 1.29 is 14.3 Å². The Balaban J connectivity index is 2.05. The number of aromatic amines is 1. The fraction of sp³-hybridized carbons (Fsp3) is 0.176. The molecule has 0 bridgehead atoms. The van der Waals surface area contributed by atoms with Gasteiger partial charge in [0.1, 0.15) is 11.3 Å². The van der Waals surface area contributed by atoms with Crippen LogP contribution in [0.1, 0.15) is 15.9 Å². The summed E-state index contributed by atoms with van der Waals surface area (Å²) in [4.78, 5) is 35.3. The van der Waals surface area contributed by atoms with Gasteiger partial charge in [-0.2, -0.15) is 5.10 Å². The van der Waals surface area contributed by atoms with Crippen LogP contribution < -0.4 is 10.9 Å². The number of nitrogens with zero attached hydrogens (tertiary/aromatic N) is 2. The maximum atomic E-state index is 12.0. The largest absolute Gasteiger partial charge is 0.465 e. The number of likely N-dealkylation sites (N-methyl/N-ethyl adjacent to an activating group) is 1. The number of pyridine rings is 1. The van der Waals surface area contributed by atoms with Gasteiger partial charge < -0.3 is 14.6 Å². The molecule has 8 nitrogen and oxygen atoms in total. The number of hydrogen-bond donors (Lipinski definition) is 2. The number of fused-ring (bicyclic) bond motifs is 1. The van der Waals surface area contributed by atoms with Crippen LogP contribution in [0.4, 0.5) is 0 Å². The molecule has 8 heteroatoms. The molecule has 0 saturated heterocycles.